The summed E-state index contributed by atoms with van der Waals surface area (Å²) in [6.07, 6.45) is 0.919. The molecule has 0 unspecified atom stereocenters. The van der Waals surface area contributed by atoms with Gasteiger partial charge in [-0.15, -0.1) is 0 Å². The number of nitrogens with zero attached hydrogens (tertiary/aromatic N) is 1. The van der Waals surface area contributed by atoms with E-state index in [9.17, 15) is 14.4 Å². The van der Waals surface area contributed by atoms with Crippen molar-refractivity contribution in [1.29, 1.82) is 0 Å². The van der Waals surface area contributed by atoms with Crippen molar-refractivity contribution in [1.82, 2.24) is 4.57 Å². The average molecular weight is 327 g/mol. The molecule has 2 amide bonds. The monoisotopic (exact) mass is 327 g/mol. The number of anilines is 1. The summed E-state index contributed by atoms with van der Waals surface area (Å²) in [5.41, 5.74) is 7.57. The minimum absolute atomic E-state index is 0.0827. The number of carbonyl (C=O) groups is 2. The maximum atomic E-state index is 12.4. The van der Waals surface area contributed by atoms with Crippen LogP contribution in [-0.4, -0.2) is 16.4 Å². The second kappa shape index (κ2) is 7.12. The second-order valence-corrected chi connectivity index (χ2v) is 5.70. The molecule has 0 aliphatic carbocycles. The van der Waals surface area contributed by atoms with Gasteiger partial charge in [-0.2, -0.15) is 0 Å². The van der Waals surface area contributed by atoms with E-state index >= 15 is 0 Å². The summed E-state index contributed by atoms with van der Waals surface area (Å²) in [6, 6.07) is 9.17. The van der Waals surface area contributed by atoms with Crippen LogP contribution in [0.2, 0.25) is 0 Å². The highest BCUT2D eigenvalue weighted by molar-refractivity contribution is 5.94. The molecule has 2 aromatic rings. The molecule has 0 radical (unpaired) electrons. The van der Waals surface area contributed by atoms with Gasteiger partial charge in [0, 0.05) is 11.4 Å². The molecule has 0 aliphatic rings. The summed E-state index contributed by atoms with van der Waals surface area (Å²) < 4.78 is 1.25. The maximum absolute atomic E-state index is 12.4. The lowest BCUT2D eigenvalue weighted by Gasteiger charge is -2.13. The van der Waals surface area contributed by atoms with Gasteiger partial charge in [0.25, 0.3) is 11.5 Å². The minimum Gasteiger partial charge on any atom is -0.365 e. The number of hydrogen-bond donors (Lipinski definition) is 2. The third-order valence-corrected chi connectivity index (χ3v) is 3.90. The van der Waals surface area contributed by atoms with E-state index in [1.54, 1.807) is 19.9 Å². The summed E-state index contributed by atoms with van der Waals surface area (Å²) >= 11 is 0. The predicted octanol–water partition coefficient (Wildman–Crippen LogP) is 1.77. The molecule has 0 atom stereocenters. The molecule has 0 aliphatic heterocycles. The van der Waals surface area contributed by atoms with E-state index in [2.05, 4.69) is 12.2 Å². The standard InChI is InChI=1S/C18H21N3O3/c1-4-13-5-7-14(8-6-13)20-15(22)10-21-12(3)9-11(2)16(17(19)23)18(21)24/h5-9H,4,10H2,1-3H3,(H2,19,23)(H,20,22). The molecule has 6 heteroatoms. The number of benzene rings is 1. The zero-order chi connectivity index (χ0) is 17.9. The Balaban J connectivity index is 2.24. The fraction of sp³-hybridized carbons (Fsp3) is 0.278. The van der Waals surface area contributed by atoms with Crippen LogP contribution in [0.4, 0.5) is 5.69 Å². The first-order valence-electron chi connectivity index (χ1n) is 7.73. The van der Waals surface area contributed by atoms with E-state index in [1.165, 1.54) is 10.1 Å². The van der Waals surface area contributed by atoms with Crippen LogP contribution < -0.4 is 16.6 Å². The van der Waals surface area contributed by atoms with Crippen LogP contribution in [-0.2, 0) is 17.8 Å². The molecule has 0 saturated carbocycles. The summed E-state index contributed by atoms with van der Waals surface area (Å²) in [5, 5.41) is 2.74. The molecule has 1 aromatic carbocycles. The molecule has 1 aromatic heterocycles. The van der Waals surface area contributed by atoms with Crippen LogP contribution in [0, 0.1) is 13.8 Å². The fourth-order valence-electron chi connectivity index (χ4n) is 2.59. The van der Waals surface area contributed by atoms with Crippen LogP contribution in [0.15, 0.2) is 35.1 Å². The first-order valence-corrected chi connectivity index (χ1v) is 7.73. The van der Waals surface area contributed by atoms with Gasteiger partial charge in [0.2, 0.25) is 5.91 Å². The minimum atomic E-state index is -0.790. The van der Waals surface area contributed by atoms with E-state index in [0.717, 1.165) is 6.42 Å². The van der Waals surface area contributed by atoms with Gasteiger partial charge in [-0.3, -0.25) is 14.4 Å². The highest BCUT2D eigenvalue weighted by Gasteiger charge is 2.16. The van der Waals surface area contributed by atoms with Gasteiger partial charge >= 0.3 is 0 Å². The Morgan fingerprint density at radius 2 is 1.79 bits per heavy atom. The Kier molecular flexibility index (Phi) is 5.18. The van der Waals surface area contributed by atoms with E-state index in [-0.39, 0.29) is 18.0 Å². The van der Waals surface area contributed by atoms with Gasteiger partial charge < -0.3 is 15.6 Å². The number of amides is 2. The molecule has 24 heavy (non-hydrogen) atoms. The number of primary amides is 1. The Hall–Kier alpha value is -2.89. The van der Waals surface area contributed by atoms with Gasteiger partial charge in [-0.05, 0) is 49.6 Å². The topological polar surface area (TPSA) is 94.2 Å². The number of pyridine rings is 1. The van der Waals surface area contributed by atoms with Gasteiger partial charge in [-0.25, -0.2) is 0 Å². The SMILES string of the molecule is CCc1ccc(NC(=O)Cn2c(C)cc(C)c(C(N)=O)c2=O)cc1. The lowest BCUT2D eigenvalue weighted by atomic mass is 10.1. The van der Waals surface area contributed by atoms with Gasteiger partial charge in [0.1, 0.15) is 12.1 Å². The van der Waals surface area contributed by atoms with Crippen molar-refractivity contribution in [2.45, 2.75) is 33.7 Å². The number of hydrogen-bond acceptors (Lipinski definition) is 3. The summed E-state index contributed by atoms with van der Waals surface area (Å²) in [4.78, 5) is 36.1. The van der Waals surface area contributed by atoms with Crippen LogP contribution in [0.25, 0.3) is 0 Å². The molecule has 6 nitrogen and oxygen atoms in total. The number of carbonyl (C=O) groups excluding carboxylic acids is 2. The largest absolute Gasteiger partial charge is 0.365 e. The summed E-state index contributed by atoms with van der Waals surface area (Å²) in [6.45, 7) is 5.23. The van der Waals surface area contributed by atoms with Crippen molar-refractivity contribution in [2.75, 3.05) is 5.32 Å². The zero-order valence-electron chi connectivity index (χ0n) is 14.1. The van der Waals surface area contributed by atoms with E-state index in [1.807, 2.05) is 24.3 Å². The quantitative estimate of drug-likeness (QED) is 0.876. The third kappa shape index (κ3) is 3.71. The number of aryl methyl sites for hydroxylation is 3. The van der Waals surface area contributed by atoms with Crippen molar-refractivity contribution >= 4 is 17.5 Å². The van der Waals surface area contributed by atoms with E-state index in [4.69, 9.17) is 5.73 Å². The first kappa shape index (κ1) is 17.5. The molecule has 126 valence electrons. The van der Waals surface area contributed by atoms with Gasteiger partial charge in [0.05, 0.1) is 0 Å². The normalized spacial score (nSPS) is 10.5. The zero-order valence-corrected chi connectivity index (χ0v) is 14.1. The molecule has 1 heterocycles. The third-order valence-electron chi connectivity index (χ3n) is 3.90. The Labute approximate surface area is 140 Å². The molecule has 0 spiro atoms. The van der Waals surface area contributed by atoms with Gasteiger partial charge in [0.15, 0.2) is 0 Å². The van der Waals surface area contributed by atoms with Crippen molar-refractivity contribution < 1.29 is 9.59 Å². The Morgan fingerprint density at radius 1 is 1.17 bits per heavy atom. The van der Waals surface area contributed by atoms with Gasteiger partial charge in [-0.1, -0.05) is 19.1 Å². The van der Waals surface area contributed by atoms with E-state index < -0.39 is 11.5 Å². The van der Waals surface area contributed by atoms with Crippen LogP contribution >= 0.6 is 0 Å². The molecule has 3 N–H and O–H groups in total. The Bertz CT molecular complexity index is 836. The first-order chi connectivity index (χ1) is 11.3. The average Bonchev–Trinajstić information content (AvgIpc) is 2.51. The molecule has 2 rings (SSSR count). The van der Waals surface area contributed by atoms with Crippen molar-refractivity contribution in [3.05, 3.63) is 63.1 Å². The molecular weight excluding hydrogens is 306 g/mol. The number of aromatic nitrogens is 1. The molecule has 0 fully saturated rings. The number of nitrogens with one attached hydrogen (secondary N) is 1. The number of rotatable bonds is 5. The fourth-order valence-corrected chi connectivity index (χ4v) is 2.59. The maximum Gasteiger partial charge on any atom is 0.264 e. The van der Waals surface area contributed by atoms with Crippen LogP contribution in [0.3, 0.4) is 0 Å². The second-order valence-electron chi connectivity index (χ2n) is 5.70. The van der Waals surface area contributed by atoms with E-state index in [0.29, 0.717) is 16.9 Å². The predicted molar refractivity (Wildman–Crippen MR) is 93.1 cm³/mol. The smallest absolute Gasteiger partial charge is 0.264 e. The number of nitrogens with two attached hydrogens (primary N) is 1. The molecule has 0 saturated heterocycles. The van der Waals surface area contributed by atoms with Crippen molar-refractivity contribution in [3.8, 4) is 0 Å². The van der Waals surface area contributed by atoms with Crippen LogP contribution in [0.5, 0.6) is 0 Å². The highest BCUT2D eigenvalue weighted by Crippen LogP contribution is 2.11. The summed E-state index contributed by atoms with van der Waals surface area (Å²) in [7, 11) is 0. The molecule has 0 bridgehead atoms. The highest BCUT2D eigenvalue weighted by atomic mass is 16.2. The van der Waals surface area contributed by atoms with Crippen molar-refractivity contribution in [2.24, 2.45) is 5.73 Å². The van der Waals surface area contributed by atoms with Crippen LogP contribution in [0.1, 0.15) is 34.1 Å². The lowest BCUT2D eigenvalue weighted by molar-refractivity contribution is -0.116. The lowest BCUT2D eigenvalue weighted by Crippen LogP contribution is -2.35. The Morgan fingerprint density at radius 3 is 2.33 bits per heavy atom. The van der Waals surface area contributed by atoms with Crippen molar-refractivity contribution in [3.63, 3.8) is 0 Å². The molecular formula is C18H21N3O3. The summed E-state index contributed by atoms with van der Waals surface area (Å²) in [5.74, 6) is -1.13.